The molecule has 1 aliphatic heterocycles. The van der Waals surface area contributed by atoms with E-state index in [4.69, 9.17) is 0 Å². The van der Waals surface area contributed by atoms with Gasteiger partial charge in [0.05, 0.1) is 0 Å². The fourth-order valence-electron chi connectivity index (χ4n) is 2.35. The predicted octanol–water partition coefficient (Wildman–Crippen LogP) is 1.49. The number of aromatic nitrogens is 1. The topological polar surface area (TPSA) is 36.1 Å². The first kappa shape index (κ1) is 10.4. The molecule has 2 heterocycles. The molecule has 1 N–H and O–H groups in total. The number of nitrogens with zero attached hydrogens (tertiary/aromatic N) is 1. The van der Waals surface area contributed by atoms with E-state index in [1.54, 1.807) is 12.1 Å². The molecule has 0 aliphatic carbocycles. The van der Waals surface area contributed by atoms with Gasteiger partial charge in [-0.3, -0.25) is 4.79 Å². The summed E-state index contributed by atoms with van der Waals surface area (Å²) in [4.78, 5) is 17.0. The standard InChI is InChI=1S/C12H18N2O/c1-9-6-11(15)7-12(13-9)10-4-3-5-14(2)8-10/h6-7,10H,3-5,8H2,1-2H3,(H,13,15)/t10-/m0/s1. The molecule has 0 aromatic carbocycles. The SMILES string of the molecule is Cc1cc(=O)cc([C@H]2CCCN(C)C2)[nH]1. The number of likely N-dealkylation sites (tertiary alicyclic amines) is 1. The van der Waals surface area contributed by atoms with E-state index in [1.807, 2.05) is 6.92 Å². The van der Waals surface area contributed by atoms with Crippen molar-refractivity contribution in [3.05, 3.63) is 33.7 Å². The van der Waals surface area contributed by atoms with Gasteiger partial charge < -0.3 is 9.88 Å². The molecule has 1 saturated heterocycles. The lowest BCUT2D eigenvalue weighted by atomic mass is 9.94. The quantitative estimate of drug-likeness (QED) is 0.755. The number of nitrogens with one attached hydrogen (secondary N) is 1. The fourth-order valence-corrected chi connectivity index (χ4v) is 2.35. The lowest BCUT2D eigenvalue weighted by Gasteiger charge is -2.29. The second-order valence-corrected chi connectivity index (χ2v) is 4.56. The van der Waals surface area contributed by atoms with Crippen molar-refractivity contribution < 1.29 is 0 Å². The summed E-state index contributed by atoms with van der Waals surface area (Å²) >= 11 is 0. The van der Waals surface area contributed by atoms with Gasteiger partial charge in [-0.2, -0.15) is 0 Å². The first-order valence-corrected chi connectivity index (χ1v) is 5.54. The molecule has 0 bridgehead atoms. The summed E-state index contributed by atoms with van der Waals surface area (Å²) in [6.07, 6.45) is 2.40. The van der Waals surface area contributed by atoms with Crippen LogP contribution < -0.4 is 5.43 Å². The highest BCUT2D eigenvalue weighted by Crippen LogP contribution is 2.23. The van der Waals surface area contributed by atoms with Gasteiger partial charge in [-0.15, -0.1) is 0 Å². The number of piperidine rings is 1. The van der Waals surface area contributed by atoms with Crippen LogP contribution in [-0.2, 0) is 0 Å². The average molecular weight is 206 g/mol. The number of hydrogen-bond donors (Lipinski definition) is 1. The second-order valence-electron chi connectivity index (χ2n) is 4.56. The fraction of sp³-hybridized carbons (Fsp3) is 0.583. The molecule has 1 atom stereocenters. The summed E-state index contributed by atoms with van der Waals surface area (Å²) in [7, 11) is 2.14. The first-order valence-electron chi connectivity index (χ1n) is 5.54. The van der Waals surface area contributed by atoms with Gasteiger partial charge in [-0.05, 0) is 33.4 Å². The largest absolute Gasteiger partial charge is 0.362 e. The number of pyridine rings is 1. The minimum Gasteiger partial charge on any atom is -0.362 e. The van der Waals surface area contributed by atoms with Crippen molar-refractivity contribution in [1.82, 2.24) is 9.88 Å². The maximum Gasteiger partial charge on any atom is 0.182 e. The van der Waals surface area contributed by atoms with Gasteiger partial charge in [-0.25, -0.2) is 0 Å². The molecule has 82 valence electrons. The molecule has 1 aromatic rings. The van der Waals surface area contributed by atoms with E-state index in [0.29, 0.717) is 5.92 Å². The molecule has 2 rings (SSSR count). The minimum absolute atomic E-state index is 0.120. The number of hydrogen-bond acceptors (Lipinski definition) is 2. The third-order valence-corrected chi connectivity index (χ3v) is 3.06. The van der Waals surface area contributed by atoms with Crippen molar-refractivity contribution >= 4 is 0 Å². The summed E-state index contributed by atoms with van der Waals surface area (Å²) < 4.78 is 0. The molecule has 0 saturated carbocycles. The van der Waals surface area contributed by atoms with Crippen LogP contribution in [0.4, 0.5) is 0 Å². The maximum absolute atomic E-state index is 11.4. The summed E-state index contributed by atoms with van der Waals surface area (Å²) in [5, 5.41) is 0. The van der Waals surface area contributed by atoms with Gasteiger partial charge in [0.15, 0.2) is 5.43 Å². The Hall–Kier alpha value is -1.09. The highest BCUT2D eigenvalue weighted by molar-refractivity contribution is 5.15. The maximum atomic E-state index is 11.4. The van der Waals surface area contributed by atoms with Crippen LogP contribution in [-0.4, -0.2) is 30.0 Å². The Morgan fingerprint density at radius 1 is 1.47 bits per heavy atom. The summed E-state index contributed by atoms with van der Waals surface area (Å²) in [5.74, 6) is 0.497. The van der Waals surface area contributed by atoms with Crippen LogP contribution >= 0.6 is 0 Å². The smallest absolute Gasteiger partial charge is 0.182 e. The van der Waals surface area contributed by atoms with Crippen LogP contribution in [0, 0.1) is 6.92 Å². The normalized spacial score (nSPS) is 22.9. The van der Waals surface area contributed by atoms with E-state index >= 15 is 0 Å². The van der Waals surface area contributed by atoms with E-state index in [0.717, 1.165) is 17.9 Å². The molecule has 0 amide bonds. The Labute approximate surface area is 90.1 Å². The molecule has 1 fully saturated rings. The number of likely N-dealkylation sites (N-methyl/N-ethyl adjacent to an activating group) is 1. The third kappa shape index (κ3) is 2.48. The zero-order valence-corrected chi connectivity index (χ0v) is 9.42. The van der Waals surface area contributed by atoms with Crippen molar-refractivity contribution in [2.45, 2.75) is 25.7 Å². The van der Waals surface area contributed by atoms with Gasteiger partial charge in [0.25, 0.3) is 0 Å². The molecule has 0 spiro atoms. The summed E-state index contributed by atoms with van der Waals surface area (Å²) in [6, 6.07) is 3.40. The zero-order chi connectivity index (χ0) is 10.8. The Morgan fingerprint density at radius 3 is 2.93 bits per heavy atom. The van der Waals surface area contributed by atoms with E-state index in [-0.39, 0.29) is 5.43 Å². The molecule has 3 heteroatoms. The Kier molecular flexibility index (Phi) is 2.91. The van der Waals surface area contributed by atoms with E-state index in [9.17, 15) is 4.79 Å². The molecule has 0 radical (unpaired) electrons. The Balaban J connectivity index is 2.24. The third-order valence-electron chi connectivity index (χ3n) is 3.06. The van der Waals surface area contributed by atoms with Crippen LogP contribution in [0.1, 0.15) is 30.1 Å². The second kappa shape index (κ2) is 4.19. The van der Waals surface area contributed by atoms with Crippen LogP contribution in [0.5, 0.6) is 0 Å². The summed E-state index contributed by atoms with van der Waals surface area (Å²) in [6.45, 7) is 4.17. The van der Waals surface area contributed by atoms with Crippen molar-refractivity contribution in [2.24, 2.45) is 0 Å². The zero-order valence-electron chi connectivity index (χ0n) is 9.42. The summed E-state index contributed by atoms with van der Waals surface area (Å²) in [5.41, 5.74) is 2.19. The predicted molar refractivity (Wildman–Crippen MR) is 61.3 cm³/mol. The highest BCUT2D eigenvalue weighted by Gasteiger charge is 2.19. The lowest BCUT2D eigenvalue weighted by molar-refractivity contribution is 0.248. The Bertz CT molecular complexity index is 397. The molecule has 1 aliphatic rings. The van der Waals surface area contributed by atoms with Crippen molar-refractivity contribution in [3.8, 4) is 0 Å². The first-order chi connectivity index (χ1) is 7.15. The monoisotopic (exact) mass is 206 g/mol. The molecular weight excluding hydrogens is 188 g/mol. The van der Waals surface area contributed by atoms with Crippen LogP contribution in [0.15, 0.2) is 16.9 Å². The molecular formula is C12H18N2O. The van der Waals surface area contributed by atoms with Crippen LogP contribution in [0.25, 0.3) is 0 Å². The van der Waals surface area contributed by atoms with Crippen molar-refractivity contribution in [2.75, 3.05) is 20.1 Å². The average Bonchev–Trinajstić information content (AvgIpc) is 2.16. The van der Waals surface area contributed by atoms with Gasteiger partial charge in [0, 0.05) is 36.0 Å². The molecule has 15 heavy (non-hydrogen) atoms. The van der Waals surface area contributed by atoms with Gasteiger partial charge in [0.1, 0.15) is 0 Å². The molecule has 3 nitrogen and oxygen atoms in total. The van der Waals surface area contributed by atoms with Crippen LogP contribution in [0.3, 0.4) is 0 Å². The van der Waals surface area contributed by atoms with Gasteiger partial charge in [0.2, 0.25) is 0 Å². The van der Waals surface area contributed by atoms with Crippen molar-refractivity contribution in [3.63, 3.8) is 0 Å². The Morgan fingerprint density at radius 2 is 2.27 bits per heavy atom. The van der Waals surface area contributed by atoms with E-state index in [1.165, 1.54) is 19.4 Å². The minimum atomic E-state index is 0.120. The molecule has 0 unspecified atom stereocenters. The number of aryl methyl sites for hydroxylation is 1. The lowest BCUT2D eigenvalue weighted by Crippen LogP contribution is -2.31. The number of aromatic amines is 1. The highest BCUT2D eigenvalue weighted by atomic mass is 16.1. The van der Waals surface area contributed by atoms with Crippen LogP contribution in [0.2, 0.25) is 0 Å². The molecule has 1 aromatic heterocycles. The van der Waals surface area contributed by atoms with Crippen molar-refractivity contribution in [1.29, 1.82) is 0 Å². The number of rotatable bonds is 1. The van der Waals surface area contributed by atoms with E-state index in [2.05, 4.69) is 16.9 Å². The van der Waals surface area contributed by atoms with Gasteiger partial charge in [-0.1, -0.05) is 0 Å². The number of H-pyrrole nitrogens is 1. The van der Waals surface area contributed by atoms with E-state index < -0.39 is 0 Å². The van der Waals surface area contributed by atoms with Gasteiger partial charge >= 0.3 is 0 Å².